The van der Waals surface area contributed by atoms with Crippen LogP contribution in [0, 0.1) is 0 Å². The molecule has 0 bridgehead atoms. The number of pyridine rings is 1. The fourth-order valence-electron chi connectivity index (χ4n) is 1.91. The van der Waals surface area contributed by atoms with Gasteiger partial charge in [0.2, 0.25) is 0 Å². The van der Waals surface area contributed by atoms with Crippen molar-refractivity contribution >= 4 is 0 Å². The van der Waals surface area contributed by atoms with Gasteiger partial charge in [0.15, 0.2) is 6.29 Å². The zero-order valence-electron chi connectivity index (χ0n) is 11.6. The molecular formula is C14H24N2O2. The summed E-state index contributed by atoms with van der Waals surface area (Å²) in [5.41, 5.74) is 1.24. The summed E-state index contributed by atoms with van der Waals surface area (Å²) in [6, 6.07) is 4.22. The molecule has 0 aliphatic rings. The van der Waals surface area contributed by atoms with Crippen LogP contribution in [0.1, 0.15) is 26.3 Å². The molecule has 4 nitrogen and oxygen atoms in total. The van der Waals surface area contributed by atoms with E-state index in [9.17, 15) is 0 Å². The van der Waals surface area contributed by atoms with Gasteiger partial charge < -0.3 is 14.8 Å². The molecule has 1 N–H and O–H groups in total. The van der Waals surface area contributed by atoms with Crippen molar-refractivity contribution in [2.24, 2.45) is 0 Å². The van der Waals surface area contributed by atoms with Crippen LogP contribution in [0.3, 0.4) is 0 Å². The van der Waals surface area contributed by atoms with E-state index in [0.717, 1.165) is 13.0 Å². The summed E-state index contributed by atoms with van der Waals surface area (Å²) < 4.78 is 11.3. The van der Waals surface area contributed by atoms with Crippen LogP contribution in [0.15, 0.2) is 24.5 Å². The predicted molar refractivity (Wildman–Crippen MR) is 72.4 cm³/mol. The van der Waals surface area contributed by atoms with Crippen LogP contribution in [0.4, 0.5) is 0 Å². The third-order valence-corrected chi connectivity index (χ3v) is 2.66. The highest BCUT2D eigenvalue weighted by molar-refractivity contribution is 5.11. The SMILES string of the molecule is CCNC(Cc1ccncc1)C(OCC)OCC. The van der Waals surface area contributed by atoms with Crippen LogP contribution in [-0.2, 0) is 15.9 Å². The highest BCUT2D eigenvalue weighted by Gasteiger charge is 2.21. The lowest BCUT2D eigenvalue weighted by molar-refractivity contribution is -0.153. The Balaban J connectivity index is 2.66. The Labute approximate surface area is 110 Å². The first-order chi connectivity index (χ1) is 8.81. The highest BCUT2D eigenvalue weighted by atomic mass is 16.7. The fraction of sp³-hybridized carbons (Fsp3) is 0.643. The second kappa shape index (κ2) is 9.03. The zero-order chi connectivity index (χ0) is 13.2. The molecule has 18 heavy (non-hydrogen) atoms. The van der Waals surface area contributed by atoms with E-state index < -0.39 is 0 Å². The summed E-state index contributed by atoms with van der Waals surface area (Å²) in [5, 5.41) is 3.43. The standard InChI is InChI=1S/C14H24N2O2/c1-4-16-13(14(17-5-2)18-6-3)11-12-7-9-15-10-8-12/h7-10,13-14,16H,4-6,11H2,1-3H3. The van der Waals surface area contributed by atoms with Crippen molar-refractivity contribution in [3.05, 3.63) is 30.1 Å². The van der Waals surface area contributed by atoms with Gasteiger partial charge in [-0.2, -0.15) is 0 Å². The monoisotopic (exact) mass is 252 g/mol. The fourth-order valence-corrected chi connectivity index (χ4v) is 1.91. The highest BCUT2D eigenvalue weighted by Crippen LogP contribution is 2.09. The molecule has 4 heteroatoms. The summed E-state index contributed by atoms with van der Waals surface area (Å²) in [5.74, 6) is 0. The van der Waals surface area contributed by atoms with Gasteiger partial charge in [-0.1, -0.05) is 6.92 Å². The Hall–Kier alpha value is -0.970. The Bertz CT molecular complexity index is 300. The molecule has 1 unspecified atom stereocenters. The molecule has 0 fully saturated rings. The summed E-state index contributed by atoms with van der Waals surface area (Å²) in [4.78, 5) is 4.03. The topological polar surface area (TPSA) is 43.4 Å². The molecule has 1 heterocycles. The molecule has 1 aromatic rings. The number of ether oxygens (including phenoxy) is 2. The van der Waals surface area contributed by atoms with Crippen LogP contribution in [0.2, 0.25) is 0 Å². The second-order valence-electron chi connectivity index (χ2n) is 4.00. The Kier molecular flexibility index (Phi) is 7.57. The van der Waals surface area contributed by atoms with Crippen molar-refractivity contribution in [3.63, 3.8) is 0 Å². The van der Waals surface area contributed by atoms with Gasteiger partial charge in [-0.25, -0.2) is 0 Å². The van der Waals surface area contributed by atoms with Crippen molar-refractivity contribution in [2.45, 2.75) is 39.5 Å². The van der Waals surface area contributed by atoms with Crippen molar-refractivity contribution in [3.8, 4) is 0 Å². The summed E-state index contributed by atoms with van der Waals surface area (Å²) in [6.07, 6.45) is 4.30. The first kappa shape index (κ1) is 15.1. The zero-order valence-corrected chi connectivity index (χ0v) is 11.6. The van der Waals surface area contributed by atoms with Gasteiger partial charge in [0, 0.05) is 25.6 Å². The molecule has 0 aromatic carbocycles. The van der Waals surface area contributed by atoms with Gasteiger partial charge in [-0.15, -0.1) is 0 Å². The lowest BCUT2D eigenvalue weighted by Gasteiger charge is -2.27. The predicted octanol–water partition coefficient (Wildman–Crippen LogP) is 2.00. The molecule has 102 valence electrons. The number of aromatic nitrogens is 1. The first-order valence-electron chi connectivity index (χ1n) is 6.67. The molecule has 1 aromatic heterocycles. The van der Waals surface area contributed by atoms with E-state index in [0.29, 0.717) is 13.2 Å². The smallest absolute Gasteiger partial charge is 0.172 e. The normalized spacial score (nSPS) is 12.9. The van der Waals surface area contributed by atoms with Gasteiger partial charge in [0.25, 0.3) is 0 Å². The van der Waals surface area contributed by atoms with Gasteiger partial charge in [-0.3, -0.25) is 4.98 Å². The molecule has 0 amide bonds. The molecule has 1 rings (SSSR count). The summed E-state index contributed by atoms with van der Waals surface area (Å²) in [6.45, 7) is 8.27. The number of nitrogens with zero attached hydrogens (tertiary/aromatic N) is 1. The number of hydrogen-bond donors (Lipinski definition) is 1. The minimum absolute atomic E-state index is 0.164. The second-order valence-corrected chi connectivity index (χ2v) is 4.00. The molecule has 0 saturated heterocycles. The Morgan fingerprint density at radius 3 is 2.22 bits per heavy atom. The van der Waals surface area contributed by atoms with E-state index in [1.807, 2.05) is 38.4 Å². The number of nitrogens with one attached hydrogen (secondary N) is 1. The van der Waals surface area contributed by atoms with E-state index >= 15 is 0 Å². The molecule has 0 radical (unpaired) electrons. The molecule has 1 atom stereocenters. The summed E-state index contributed by atoms with van der Waals surface area (Å²) >= 11 is 0. The number of rotatable bonds is 9. The van der Waals surface area contributed by atoms with E-state index in [2.05, 4.69) is 17.2 Å². The van der Waals surface area contributed by atoms with Crippen LogP contribution >= 0.6 is 0 Å². The van der Waals surface area contributed by atoms with E-state index in [1.54, 1.807) is 0 Å². The number of likely N-dealkylation sites (N-methyl/N-ethyl adjacent to an activating group) is 1. The quantitative estimate of drug-likeness (QED) is 0.683. The van der Waals surface area contributed by atoms with Gasteiger partial charge in [-0.05, 0) is 44.5 Å². The van der Waals surface area contributed by atoms with Crippen LogP contribution in [-0.4, -0.2) is 37.1 Å². The molecular weight excluding hydrogens is 228 g/mol. The van der Waals surface area contributed by atoms with Crippen LogP contribution < -0.4 is 5.32 Å². The van der Waals surface area contributed by atoms with Gasteiger partial charge in [0.05, 0.1) is 6.04 Å². The van der Waals surface area contributed by atoms with E-state index in [4.69, 9.17) is 9.47 Å². The Morgan fingerprint density at radius 2 is 1.72 bits per heavy atom. The largest absolute Gasteiger partial charge is 0.351 e. The molecule has 0 aliphatic carbocycles. The first-order valence-corrected chi connectivity index (χ1v) is 6.67. The van der Waals surface area contributed by atoms with Gasteiger partial charge >= 0.3 is 0 Å². The lowest BCUT2D eigenvalue weighted by Crippen LogP contribution is -2.44. The van der Waals surface area contributed by atoms with E-state index in [1.165, 1.54) is 5.56 Å². The Morgan fingerprint density at radius 1 is 1.11 bits per heavy atom. The average molecular weight is 252 g/mol. The van der Waals surface area contributed by atoms with Crippen molar-refractivity contribution in [2.75, 3.05) is 19.8 Å². The lowest BCUT2D eigenvalue weighted by atomic mass is 10.1. The maximum absolute atomic E-state index is 5.67. The van der Waals surface area contributed by atoms with Crippen molar-refractivity contribution in [1.29, 1.82) is 0 Å². The van der Waals surface area contributed by atoms with Crippen LogP contribution in [0.25, 0.3) is 0 Å². The maximum Gasteiger partial charge on any atom is 0.172 e. The van der Waals surface area contributed by atoms with E-state index in [-0.39, 0.29) is 12.3 Å². The third kappa shape index (κ3) is 5.12. The molecule has 0 spiro atoms. The minimum Gasteiger partial charge on any atom is -0.351 e. The number of hydrogen-bond acceptors (Lipinski definition) is 4. The molecule has 0 aliphatic heterocycles. The third-order valence-electron chi connectivity index (χ3n) is 2.66. The van der Waals surface area contributed by atoms with Gasteiger partial charge in [0.1, 0.15) is 0 Å². The molecule has 0 saturated carbocycles. The summed E-state index contributed by atoms with van der Waals surface area (Å²) in [7, 11) is 0. The van der Waals surface area contributed by atoms with Crippen LogP contribution in [0.5, 0.6) is 0 Å². The van der Waals surface area contributed by atoms with Crippen molar-refractivity contribution < 1.29 is 9.47 Å². The van der Waals surface area contributed by atoms with Crippen molar-refractivity contribution in [1.82, 2.24) is 10.3 Å². The average Bonchev–Trinajstić information content (AvgIpc) is 2.39. The minimum atomic E-state index is -0.201. The maximum atomic E-state index is 5.67.